The van der Waals surface area contributed by atoms with Gasteiger partial charge in [-0.25, -0.2) is 8.42 Å². The van der Waals surface area contributed by atoms with Crippen molar-refractivity contribution in [1.29, 1.82) is 0 Å². The normalized spacial score (nSPS) is 12.1. The first-order valence-electron chi connectivity index (χ1n) is 8.40. The lowest BCUT2D eigenvalue weighted by Crippen LogP contribution is -2.41. The second-order valence-electron chi connectivity index (χ2n) is 6.17. The highest BCUT2D eigenvalue weighted by Gasteiger charge is 2.22. The summed E-state index contributed by atoms with van der Waals surface area (Å²) in [6.45, 7) is 4.17. The summed E-state index contributed by atoms with van der Waals surface area (Å²) in [7, 11) is -3.94. The minimum atomic E-state index is -3.94. The minimum absolute atomic E-state index is 0.0418. The van der Waals surface area contributed by atoms with Crippen molar-refractivity contribution in [3.63, 3.8) is 0 Å². The van der Waals surface area contributed by atoms with Gasteiger partial charge in [-0.15, -0.1) is 0 Å². The van der Waals surface area contributed by atoms with E-state index < -0.39 is 22.0 Å². The van der Waals surface area contributed by atoms with Gasteiger partial charge in [0.15, 0.2) is 5.78 Å². The number of ketones is 1. The molecule has 0 aliphatic rings. The fourth-order valence-electron chi connectivity index (χ4n) is 2.34. The molecule has 0 aliphatic heterocycles. The van der Waals surface area contributed by atoms with Gasteiger partial charge < -0.3 is 10.6 Å². The second-order valence-corrected chi connectivity index (χ2v) is 7.89. The van der Waals surface area contributed by atoms with E-state index in [0.29, 0.717) is 16.9 Å². The zero-order valence-corrected chi connectivity index (χ0v) is 16.5. The van der Waals surface area contributed by atoms with E-state index in [9.17, 15) is 22.8 Å². The summed E-state index contributed by atoms with van der Waals surface area (Å²) < 4.78 is 27.2. The number of nitrogens with one attached hydrogen (secondary N) is 3. The van der Waals surface area contributed by atoms with Crippen molar-refractivity contribution < 1.29 is 22.8 Å². The molecular formula is C19H21N3O5S. The third kappa shape index (κ3) is 5.73. The first-order valence-corrected chi connectivity index (χ1v) is 9.88. The van der Waals surface area contributed by atoms with Gasteiger partial charge >= 0.3 is 0 Å². The summed E-state index contributed by atoms with van der Waals surface area (Å²) in [5.41, 5.74) is 1.29. The molecule has 2 aromatic carbocycles. The van der Waals surface area contributed by atoms with E-state index in [1.807, 2.05) is 0 Å². The van der Waals surface area contributed by atoms with Gasteiger partial charge in [0, 0.05) is 23.9 Å². The maximum Gasteiger partial charge on any atom is 0.242 e. The molecule has 0 fully saturated rings. The molecule has 2 amide bonds. The predicted octanol–water partition coefficient (Wildman–Crippen LogP) is 2.15. The van der Waals surface area contributed by atoms with E-state index in [2.05, 4.69) is 15.4 Å². The molecule has 148 valence electrons. The van der Waals surface area contributed by atoms with Crippen molar-refractivity contribution in [2.45, 2.75) is 31.7 Å². The lowest BCUT2D eigenvalue weighted by molar-refractivity contribution is -0.117. The number of benzene rings is 2. The fourth-order valence-corrected chi connectivity index (χ4v) is 3.54. The van der Waals surface area contributed by atoms with E-state index in [1.54, 1.807) is 18.2 Å². The second kappa shape index (κ2) is 8.77. The van der Waals surface area contributed by atoms with E-state index in [-0.39, 0.29) is 16.6 Å². The number of carbonyl (C=O) groups excluding carboxylic acids is 3. The minimum Gasteiger partial charge on any atom is -0.326 e. The SMILES string of the molecule is CC(=O)Nc1ccc(S(=O)(=O)N[C@@H](C)C(=O)Nc2cccc(C(C)=O)c2)cc1. The molecule has 0 saturated carbocycles. The van der Waals surface area contributed by atoms with Crippen molar-refractivity contribution in [3.05, 3.63) is 54.1 Å². The number of hydrogen-bond donors (Lipinski definition) is 3. The summed E-state index contributed by atoms with van der Waals surface area (Å²) in [4.78, 5) is 34.7. The number of sulfonamides is 1. The molecule has 1 atom stereocenters. The van der Waals surface area contributed by atoms with Gasteiger partial charge in [-0.1, -0.05) is 12.1 Å². The Hall–Kier alpha value is -3.04. The van der Waals surface area contributed by atoms with Crippen LogP contribution < -0.4 is 15.4 Å². The van der Waals surface area contributed by atoms with Crippen LogP contribution in [0.5, 0.6) is 0 Å². The Morgan fingerprint density at radius 2 is 1.54 bits per heavy atom. The number of carbonyl (C=O) groups is 3. The van der Waals surface area contributed by atoms with Crippen LogP contribution in [0.25, 0.3) is 0 Å². The molecule has 0 radical (unpaired) electrons. The summed E-state index contributed by atoms with van der Waals surface area (Å²) in [6.07, 6.45) is 0. The molecule has 28 heavy (non-hydrogen) atoms. The van der Waals surface area contributed by atoms with Crippen molar-refractivity contribution in [2.24, 2.45) is 0 Å². The molecular weight excluding hydrogens is 382 g/mol. The van der Waals surface area contributed by atoms with Crippen LogP contribution in [0.2, 0.25) is 0 Å². The molecule has 0 spiro atoms. The molecule has 2 rings (SSSR count). The van der Waals surface area contributed by atoms with Crippen LogP contribution in [-0.4, -0.2) is 32.1 Å². The molecule has 0 saturated heterocycles. The Bertz CT molecular complexity index is 1000. The summed E-state index contributed by atoms with van der Waals surface area (Å²) in [5, 5.41) is 5.12. The first kappa shape index (κ1) is 21.3. The number of Topliss-reactive ketones (excluding diaryl/α,β-unsaturated/α-hetero) is 1. The molecule has 0 bridgehead atoms. The van der Waals surface area contributed by atoms with Gasteiger partial charge in [-0.2, -0.15) is 4.72 Å². The summed E-state index contributed by atoms with van der Waals surface area (Å²) >= 11 is 0. The van der Waals surface area contributed by atoms with Crippen LogP contribution in [0.15, 0.2) is 53.4 Å². The maximum atomic E-state index is 12.5. The highest BCUT2D eigenvalue weighted by molar-refractivity contribution is 7.89. The average molecular weight is 403 g/mol. The van der Waals surface area contributed by atoms with Crippen LogP contribution in [0, 0.1) is 0 Å². The third-order valence-corrected chi connectivity index (χ3v) is 5.30. The van der Waals surface area contributed by atoms with Crippen LogP contribution in [0.4, 0.5) is 11.4 Å². The molecule has 3 N–H and O–H groups in total. The van der Waals surface area contributed by atoms with Crippen LogP contribution in [0.3, 0.4) is 0 Å². The Morgan fingerprint density at radius 3 is 2.11 bits per heavy atom. The molecule has 2 aromatic rings. The van der Waals surface area contributed by atoms with E-state index in [4.69, 9.17) is 0 Å². The van der Waals surface area contributed by atoms with Crippen LogP contribution >= 0.6 is 0 Å². The molecule has 9 heteroatoms. The molecule has 0 heterocycles. The van der Waals surface area contributed by atoms with Crippen molar-refractivity contribution in [1.82, 2.24) is 4.72 Å². The van der Waals surface area contributed by atoms with Gasteiger partial charge in [0.2, 0.25) is 21.8 Å². The van der Waals surface area contributed by atoms with Crippen molar-refractivity contribution in [3.8, 4) is 0 Å². The van der Waals surface area contributed by atoms with Gasteiger partial charge in [0.25, 0.3) is 0 Å². The summed E-state index contributed by atoms with van der Waals surface area (Å²) in [6, 6.07) is 10.9. The zero-order chi connectivity index (χ0) is 20.9. The van der Waals surface area contributed by atoms with Gasteiger partial charge in [0.05, 0.1) is 10.9 Å². The first-order chi connectivity index (χ1) is 13.1. The van der Waals surface area contributed by atoms with E-state index in [0.717, 1.165) is 0 Å². The largest absolute Gasteiger partial charge is 0.326 e. The number of anilines is 2. The van der Waals surface area contributed by atoms with Crippen molar-refractivity contribution >= 4 is 39.0 Å². The van der Waals surface area contributed by atoms with E-state index in [1.165, 1.54) is 51.1 Å². The average Bonchev–Trinajstić information content (AvgIpc) is 2.61. The molecule has 0 aromatic heterocycles. The monoisotopic (exact) mass is 403 g/mol. The number of amides is 2. The Kier molecular flexibility index (Phi) is 6.66. The van der Waals surface area contributed by atoms with Crippen molar-refractivity contribution in [2.75, 3.05) is 10.6 Å². The van der Waals surface area contributed by atoms with Gasteiger partial charge in [-0.3, -0.25) is 14.4 Å². The van der Waals surface area contributed by atoms with Gasteiger partial charge in [0.1, 0.15) is 0 Å². The van der Waals surface area contributed by atoms with E-state index >= 15 is 0 Å². The third-order valence-electron chi connectivity index (χ3n) is 3.75. The Morgan fingerprint density at radius 1 is 0.893 bits per heavy atom. The predicted molar refractivity (Wildman–Crippen MR) is 106 cm³/mol. The maximum absolute atomic E-state index is 12.5. The Labute approximate surface area is 163 Å². The molecule has 8 nitrogen and oxygen atoms in total. The number of hydrogen-bond acceptors (Lipinski definition) is 5. The number of rotatable bonds is 7. The highest BCUT2D eigenvalue weighted by Crippen LogP contribution is 2.15. The topological polar surface area (TPSA) is 121 Å². The Balaban J connectivity index is 2.06. The quantitative estimate of drug-likeness (QED) is 0.612. The lowest BCUT2D eigenvalue weighted by atomic mass is 10.1. The lowest BCUT2D eigenvalue weighted by Gasteiger charge is -2.15. The zero-order valence-electron chi connectivity index (χ0n) is 15.6. The standard InChI is InChI=1S/C19H21N3O5S/c1-12(19(25)21-17-6-4-5-15(11-17)13(2)23)22-28(26,27)18-9-7-16(8-10-18)20-14(3)24/h4-12,22H,1-3H3,(H,20,24)(H,21,25)/t12-/m0/s1. The molecule has 0 unspecified atom stereocenters. The van der Waals surface area contributed by atoms with Gasteiger partial charge in [-0.05, 0) is 50.2 Å². The molecule has 0 aliphatic carbocycles. The fraction of sp³-hybridized carbons (Fsp3) is 0.211. The smallest absolute Gasteiger partial charge is 0.242 e. The van der Waals surface area contributed by atoms with Crippen LogP contribution in [-0.2, 0) is 19.6 Å². The summed E-state index contributed by atoms with van der Waals surface area (Å²) in [5.74, 6) is -0.987. The van der Waals surface area contributed by atoms with Crippen LogP contribution in [0.1, 0.15) is 31.1 Å². The highest BCUT2D eigenvalue weighted by atomic mass is 32.2.